The fraction of sp³-hybridized carbons (Fsp3) is 0.0833. The van der Waals surface area contributed by atoms with Crippen LogP contribution in [0.5, 0.6) is 0 Å². The van der Waals surface area contributed by atoms with Crippen molar-refractivity contribution in [2.45, 2.75) is 17.0 Å². The molecule has 2 rings (SSSR count). The third-order valence-electron chi connectivity index (χ3n) is 2.19. The molecule has 6 heteroatoms. The van der Waals surface area contributed by atoms with Crippen LogP contribution in [-0.2, 0) is 0 Å². The van der Waals surface area contributed by atoms with E-state index in [4.69, 9.17) is 5.11 Å². The summed E-state index contributed by atoms with van der Waals surface area (Å²) in [6.45, 7) is 1.90. The predicted octanol–water partition coefficient (Wildman–Crippen LogP) is 3.40. The van der Waals surface area contributed by atoms with Crippen molar-refractivity contribution in [2.24, 2.45) is 0 Å². The minimum atomic E-state index is -0.959. The standard InChI is InChI=1S/C12H9BrN2O2S/c1-7-9(13)2-3-10(15-7)18-11-6-8(12(16)17)4-5-14-11/h2-6H,1H3,(H,16,17). The van der Waals surface area contributed by atoms with Gasteiger partial charge in [-0.05, 0) is 47.1 Å². The van der Waals surface area contributed by atoms with Gasteiger partial charge in [-0.1, -0.05) is 11.8 Å². The van der Waals surface area contributed by atoms with E-state index in [0.29, 0.717) is 5.03 Å². The summed E-state index contributed by atoms with van der Waals surface area (Å²) >= 11 is 4.72. The number of hydrogen-bond donors (Lipinski definition) is 1. The van der Waals surface area contributed by atoms with Gasteiger partial charge in [0.2, 0.25) is 0 Å². The van der Waals surface area contributed by atoms with Crippen molar-refractivity contribution in [1.29, 1.82) is 0 Å². The Bertz CT molecular complexity index is 604. The van der Waals surface area contributed by atoms with E-state index in [1.54, 1.807) is 0 Å². The number of pyridine rings is 2. The van der Waals surface area contributed by atoms with E-state index in [0.717, 1.165) is 15.2 Å². The Kier molecular flexibility index (Phi) is 3.98. The lowest BCUT2D eigenvalue weighted by atomic mass is 10.3. The molecule has 2 aromatic rings. The van der Waals surface area contributed by atoms with Crippen molar-refractivity contribution >= 4 is 33.7 Å². The van der Waals surface area contributed by atoms with Crippen LogP contribution in [0.1, 0.15) is 16.1 Å². The highest BCUT2D eigenvalue weighted by Crippen LogP contribution is 2.26. The van der Waals surface area contributed by atoms with E-state index < -0.39 is 5.97 Å². The molecule has 2 heterocycles. The zero-order chi connectivity index (χ0) is 13.1. The molecule has 92 valence electrons. The zero-order valence-corrected chi connectivity index (χ0v) is 11.8. The quantitative estimate of drug-likeness (QED) is 0.937. The molecule has 1 N–H and O–H groups in total. The Morgan fingerprint density at radius 3 is 2.78 bits per heavy atom. The fourth-order valence-electron chi connectivity index (χ4n) is 1.28. The monoisotopic (exact) mass is 324 g/mol. The van der Waals surface area contributed by atoms with E-state index in [2.05, 4.69) is 25.9 Å². The number of halogens is 1. The number of aromatic nitrogens is 2. The molecule has 0 aliphatic carbocycles. The molecule has 4 nitrogen and oxygen atoms in total. The van der Waals surface area contributed by atoms with Gasteiger partial charge in [-0.3, -0.25) is 0 Å². The normalized spacial score (nSPS) is 10.3. The van der Waals surface area contributed by atoms with Crippen LogP contribution < -0.4 is 0 Å². The number of rotatable bonds is 3. The van der Waals surface area contributed by atoms with Crippen LogP contribution in [0.25, 0.3) is 0 Å². The summed E-state index contributed by atoms with van der Waals surface area (Å²) < 4.78 is 0.944. The second-order valence-corrected chi connectivity index (χ2v) is 5.40. The SMILES string of the molecule is Cc1nc(Sc2cc(C(=O)O)ccn2)ccc1Br. The Morgan fingerprint density at radius 1 is 1.33 bits per heavy atom. The maximum atomic E-state index is 10.8. The van der Waals surface area contributed by atoms with Crippen LogP contribution in [0.4, 0.5) is 0 Å². The van der Waals surface area contributed by atoms with Gasteiger partial charge in [-0.2, -0.15) is 0 Å². The first-order valence-corrected chi connectivity index (χ1v) is 6.67. The molecule has 0 atom stereocenters. The van der Waals surface area contributed by atoms with Crippen molar-refractivity contribution in [3.63, 3.8) is 0 Å². The summed E-state index contributed by atoms with van der Waals surface area (Å²) in [7, 11) is 0. The van der Waals surface area contributed by atoms with Gasteiger partial charge in [0.15, 0.2) is 0 Å². The highest BCUT2D eigenvalue weighted by atomic mass is 79.9. The molecule has 0 saturated heterocycles. The first-order chi connectivity index (χ1) is 8.56. The van der Waals surface area contributed by atoms with E-state index >= 15 is 0 Å². The maximum absolute atomic E-state index is 10.8. The molecule has 0 aliphatic heterocycles. The average Bonchev–Trinajstić information content (AvgIpc) is 2.34. The zero-order valence-electron chi connectivity index (χ0n) is 9.42. The summed E-state index contributed by atoms with van der Waals surface area (Å²) in [5.74, 6) is -0.959. The lowest BCUT2D eigenvalue weighted by Crippen LogP contribution is -1.96. The number of nitrogens with zero attached hydrogens (tertiary/aromatic N) is 2. The number of carboxylic acid groups (broad SMARTS) is 1. The lowest BCUT2D eigenvalue weighted by Gasteiger charge is -2.03. The molecule has 0 radical (unpaired) electrons. The molecule has 18 heavy (non-hydrogen) atoms. The Morgan fingerprint density at radius 2 is 2.11 bits per heavy atom. The largest absolute Gasteiger partial charge is 0.478 e. The molecule has 0 amide bonds. The molecule has 0 unspecified atom stereocenters. The highest BCUT2D eigenvalue weighted by Gasteiger charge is 2.07. The summed E-state index contributed by atoms with van der Waals surface area (Å²) in [6.07, 6.45) is 1.48. The number of carbonyl (C=O) groups is 1. The minimum absolute atomic E-state index is 0.223. The van der Waals surface area contributed by atoms with Crippen LogP contribution in [0, 0.1) is 6.92 Å². The number of aryl methyl sites for hydroxylation is 1. The Labute approximate surface area is 117 Å². The van der Waals surface area contributed by atoms with Crippen LogP contribution >= 0.6 is 27.7 Å². The van der Waals surface area contributed by atoms with Gasteiger partial charge in [-0.15, -0.1) is 0 Å². The topological polar surface area (TPSA) is 63.1 Å². The van der Waals surface area contributed by atoms with Gasteiger partial charge in [0.1, 0.15) is 10.1 Å². The molecular weight excluding hydrogens is 316 g/mol. The summed E-state index contributed by atoms with van der Waals surface area (Å²) in [4.78, 5) is 19.3. The fourth-order valence-corrected chi connectivity index (χ4v) is 2.34. The van der Waals surface area contributed by atoms with E-state index in [9.17, 15) is 4.79 Å². The number of aromatic carboxylic acids is 1. The first-order valence-electron chi connectivity index (χ1n) is 5.06. The maximum Gasteiger partial charge on any atom is 0.335 e. The van der Waals surface area contributed by atoms with Crippen LogP contribution in [0.3, 0.4) is 0 Å². The van der Waals surface area contributed by atoms with Crippen molar-refractivity contribution in [1.82, 2.24) is 9.97 Å². The minimum Gasteiger partial charge on any atom is -0.478 e. The Hall–Kier alpha value is -1.40. The second-order valence-electron chi connectivity index (χ2n) is 3.51. The smallest absolute Gasteiger partial charge is 0.335 e. The number of hydrogen-bond acceptors (Lipinski definition) is 4. The third kappa shape index (κ3) is 3.08. The van der Waals surface area contributed by atoms with E-state index in [1.807, 2.05) is 19.1 Å². The lowest BCUT2D eigenvalue weighted by molar-refractivity contribution is 0.0696. The summed E-state index contributed by atoms with van der Waals surface area (Å²) in [6, 6.07) is 6.77. The van der Waals surface area contributed by atoms with Gasteiger partial charge in [0.25, 0.3) is 0 Å². The molecule has 0 aromatic carbocycles. The molecule has 0 saturated carbocycles. The van der Waals surface area contributed by atoms with Gasteiger partial charge in [-0.25, -0.2) is 14.8 Å². The molecule has 0 aliphatic rings. The molecule has 0 fully saturated rings. The summed E-state index contributed by atoms with van der Waals surface area (Å²) in [5, 5.41) is 10.3. The van der Waals surface area contributed by atoms with Crippen LogP contribution in [0.2, 0.25) is 0 Å². The summed E-state index contributed by atoms with van der Waals surface area (Å²) in [5.41, 5.74) is 1.11. The Balaban J connectivity index is 2.25. The van der Waals surface area contributed by atoms with Crippen molar-refractivity contribution < 1.29 is 9.90 Å². The van der Waals surface area contributed by atoms with Crippen molar-refractivity contribution in [3.8, 4) is 0 Å². The first kappa shape index (κ1) is 13.0. The van der Waals surface area contributed by atoms with Crippen molar-refractivity contribution in [2.75, 3.05) is 0 Å². The van der Waals surface area contributed by atoms with Gasteiger partial charge in [0, 0.05) is 10.7 Å². The van der Waals surface area contributed by atoms with Crippen molar-refractivity contribution in [3.05, 3.63) is 46.2 Å². The van der Waals surface area contributed by atoms with Gasteiger partial charge < -0.3 is 5.11 Å². The molecule has 0 bridgehead atoms. The predicted molar refractivity (Wildman–Crippen MR) is 72.0 cm³/mol. The second kappa shape index (κ2) is 5.49. The molecule has 0 spiro atoms. The molecule has 2 aromatic heterocycles. The third-order valence-corrected chi connectivity index (χ3v) is 3.89. The van der Waals surface area contributed by atoms with Gasteiger partial charge >= 0.3 is 5.97 Å². The number of carboxylic acids is 1. The van der Waals surface area contributed by atoms with Crippen LogP contribution in [-0.4, -0.2) is 21.0 Å². The van der Waals surface area contributed by atoms with Gasteiger partial charge in [0.05, 0.1) is 11.3 Å². The highest BCUT2D eigenvalue weighted by molar-refractivity contribution is 9.10. The molecular formula is C12H9BrN2O2S. The van der Waals surface area contributed by atoms with Crippen LogP contribution in [0.15, 0.2) is 45.0 Å². The van der Waals surface area contributed by atoms with E-state index in [1.165, 1.54) is 30.1 Å². The van der Waals surface area contributed by atoms with E-state index in [-0.39, 0.29) is 5.56 Å². The average molecular weight is 325 g/mol.